The first-order valence-corrected chi connectivity index (χ1v) is 8.95. The third-order valence-corrected chi connectivity index (χ3v) is 4.18. The molecule has 0 saturated carbocycles. The van der Waals surface area contributed by atoms with Gasteiger partial charge in [0.2, 0.25) is 17.2 Å². The first-order valence-electron chi connectivity index (χ1n) is 8.58. The monoisotopic (exact) mass is 385 g/mol. The maximum absolute atomic E-state index is 13.7. The van der Waals surface area contributed by atoms with Crippen molar-refractivity contribution in [2.45, 2.75) is 32.7 Å². The lowest BCUT2D eigenvalue weighted by atomic mass is 9.87. The number of benzene rings is 2. The highest BCUT2D eigenvalue weighted by Crippen LogP contribution is 2.24. The Morgan fingerprint density at radius 1 is 0.926 bits per heavy atom. The van der Waals surface area contributed by atoms with Crippen molar-refractivity contribution in [3.63, 3.8) is 0 Å². The molecule has 2 N–H and O–H groups in total. The molecule has 3 aromatic rings. The van der Waals surface area contributed by atoms with Crippen molar-refractivity contribution in [2.75, 3.05) is 10.6 Å². The molecule has 140 valence electrons. The second kappa shape index (κ2) is 7.88. The van der Waals surface area contributed by atoms with E-state index in [0.717, 1.165) is 5.69 Å². The molecule has 2 aromatic carbocycles. The number of anilines is 3. The van der Waals surface area contributed by atoms with Crippen LogP contribution < -0.4 is 10.6 Å². The molecule has 0 unspecified atom stereocenters. The Bertz CT molecular complexity index is 922. The largest absolute Gasteiger partial charge is 0.350 e. The molecular formula is C20H21ClFN5. The summed E-state index contributed by atoms with van der Waals surface area (Å²) >= 11 is 6.00. The number of halogens is 2. The van der Waals surface area contributed by atoms with Crippen molar-refractivity contribution in [1.82, 2.24) is 15.0 Å². The maximum Gasteiger partial charge on any atom is 0.233 e. The average molecular weight is 386 g/mol. The lowest BCUT2D eigenvalue weighted by molar-refractivity contribution is 0.590. The van der Waals surface area contributed by atoms with Gasteiger partial charge in [0.05, 0.1) is 0 Å². The van der Waals surface area contributed by atoms with Crippen LogP contribution in [0.3, 0.4) is 0 Å². The predicted molar refractivity (Wildman–Crippen MR) is 107 cm³/mol. The van der Waals surface area contributed by atoms with Gasteiger partial charge in [-0.3, -0.25) is 0 Å². The molecule has 3 rings (SSSR count). The Kier molecular flexibility index (Phi) is 5.56. The highest BCUT2D eigenvalue weighted by atomic mass is 35.5. The van der Waals surface area contributed by atoms with E-state index in [1.165, 1.54) is 11.6 Å². The van der Waals surface area contributed by atoms with Crippen molar-refractivity contribution in [2.24, 2.45) is 0 Å². The van der Waals surface area contributed by atoms with Crippen molar-refractivity contribution >= 4 is 29.2 Å². The van der Waals surface area contributed by atoms with Crippen molar-refractivity contribution < 1.29 is 4.39 Å². The van der Waals surface area contributed by atoms with Crippen molar-refractivity contribution in [3.8, 4) is 0 Å². The summed E-state index contributed by atoms with van der Waals surface area (Å²) in [5, 5.41) is 6.13. The fourth-order valence-electron chi connectivity index (χ4n) is 2.48. The van der Waals surface area contributed by atoms with Crippen molar-refractivity contribution in [3.05, 3.63) is 70.8 Å². The third-order valence-electron chi connectivity index (χ3n) is 4.01. The van der Waals surface area contributed by atoms with Crippen LogP contribution in [0.4, 0.5) is 22.0 Å². The molecule has 0 fully saturated rings. The van der Waals surface area contributed by atoms with Gasteiger partial charge < -0.3 is 10.6 Å². The van der Waals surface area contributed by atoms with E-state index in [0.29, 0.717) is 11.5 Å². The Hall–Kier alpha value is -2.73. The zero-order valence-electron chi connectivity index (χ0n) is 15.4. The molecule has 7 heteroatoms. The first kappa shape index (κ1) is 19.0. The van der Waals surface area contributed by atoms with Gasteiger partial charge in [0.25, 0.3) is 0 Å². The minimum atomic E-state index is -0.289. The van der Waals surface area contributed by atoms with E-state index in [2.05, 4.69) is 58.5 Å². The Morgan fingerprint density at radius 2 is 1.59 bits per heavy atom. The van der Waals surface area contributed by atoms with Gasteiger partial charge in [-0.05, 0) is 40.8 Å². The van der Waals surface area contributed by atoms with Gasteiger partial charge >= 0.3 is 0 Å². The number of hydrogen-bond donors (Lipinski definition) is 2. The van der Waals surface area contributed by atoms with E-state index in [-0.39, 0.29) is 29.0 Å². The molecule has 27 heavy (non-hydrogen) atoms. The van der Waals surface area contributed by atoms with Gasteiger partial charge in [0.1, 0.15) is 5.82 Å². The standard InChI is InChI=1S/C20H21ClFN5/c1-20(2,3)14-8-10-15(11-9-14)24-19-26-17(21)25-18(27-19)23-12-13-6-4-5-7-16(13)22/h4-11H,12H2,1-3H3,(H2,23,24,25,26,27). The predicted octanol–water partition coefficient (Wildman–Crippen LogP) is 5.32. The Morgan fingerprint density at radius 3 is 2.26 bits per heavy atom. The zero-order chi connectivity index (χ0) is 19.4. The smallest absolute Gasteiger partial charge is 0.233 e. The lowest BCUT2D eigenvalue weighted by Crippen LogP contribution is -2.11. The normalized spacial score (nSPS) is 11.3. The maximum atomic E-state index is 13.7. The van der Waals surface area contributed by atoms with Crippen molar-refractivity contribution in [1.29, 1.82) is 0 Å². The van der Waals surface area contributed by atoms with E-state index in [9.17, 15) is 4.39 Å². The summed E-state index contributed by atoms with van der Waals surface area (Å²) in [5.41, 5.74) is 2.67. The van der Waals surface area contributed by atoms with Gasteiger partial charge in [-0.1, -0.05) is 51.1 Å². The van der Waals surface area contributed by atoms with Crippen LogP contribution >= 0.6 is 11.6 Å². The number of nitrogens with one attached hydrogen (secondary N) is 2. The van der Waals surface area contributed by atoms with Crippen LogP contribution in [0.1, 0.15) is 31.9 Å². The van der Waals surface area contributed by atoms with E-state index < -0.39 is 0 Å². The summed E-state index contributed by atoms with van der Waals surface area (Å²) in [6.07, 6.45) is 0. The average Bonchev–Trinajstić information content (AvgIpc) is 2.60. The number of hydrogen-bond acceptors (Lipinski definition) is 5. The molecule has 0 spiro atoms. The second-order valence-corrected chi connectivity index (χ2v) is 7.49. The minimum absolute atomic E-state index is 0.0508. The van der Waals surface area contributed by atoms with E-state index >= 15 is 0 Å². The molecule has 1 heterocycles. The quantitative estimate of drug-likeness (QED) is 0.622. The van der Waals surface area contributed by atoms with Gasteiger partial charge in [0, 0.05) is 17.8 Å². The van der Waals surface area contributed by atoms with Crippen LogP contribution in [0.2, 0.25) is 5.28 Å². The third kappa shape index (κ3) is 5.14. The molecule has 0 radical (unpaired) electrons. The minimum Gasteiger partial charge on any atom is -0.350 e. The summed E-state index contributed by atoms with van der Waals surface area (Å²) < 4.78 is 13.7. The van der Waals surface area contributed by atoms with E-state index in [1.807, 2.05) is 12.1 Å². The van der Waals surface area contributed by atoms with Gasteiger partial charge in [-0.15, -0.1) is 0 Å². The molecule has 0 amide bonds. The zero-order valence-corrected chi connectivity index (χ0v) is 16.2. The summed E-state index contributed by atoms with van der Waals surface area (Å²) in [6, 6.07) is 14.6. The molecule has 0 saturated heterocycles. The van der Waals surface area contributed by atoms with Crippen LogP contribution in [-0.2, 0) is 12.0 Å². The number of aromatic nitrogens is 3. The second-order valence-electron chi connectivity index (χ2n) is 7.15. The Balaban J connectivity index is 1.72. The molecule has 0 atom stereocenters. The highest BCUT2D eigenvalue weighted by Gasteiger charge is 2.13. The SMILES string of the molecule is CC(C)(C)c1ccc(Nc2nc(Cl)nc(NCc3ccccc3F)n2)cc1. The molecule has 0 aliphatic rings. The Labute approximate surface area is 163 Å². The molecule has 0 aliphatic heterocycles. The number of nitrogens with zero attached hydrogens (tertiary/aromatic N) is 3. The van der Waals surface area contributed by atoms with E-state index in [1.54, 1.807) is 18.2 Å². The van der Waals surface area contributed by atoms with Crippen LogP contribution in [0.15, 0.2) is 48.5 Å². The molecule has 0 bridgehead atoms. The van der Waals surface area contributed by atoms with E-state index in [4.69, 9.17) is 11.6 Å². The van der Waals surface area contributed by atoms with Crippen LogP contribution in [0.5, 0.6) is 0 Å². The summed E-state index contributed by atoms with van der Waals surface area (Å²) in [6.45, 7) is 6.73. The summed E-state index contributed by atoms with van der Waals surface area (Å²) in [5.74, 6) is 0.295. The fourth-order valence-corrected chi connectivity index (χ4v) is 2.64. The van der Waals surface area contributed by atoms with Gasteiger partial charge in [0.15, 0.2) is 0 Å². The fraction of sp³-hybridized carbons (Fsp3) is 0.250. The van der Waals surface area contributed by atoms with Gasteiger partial charge in [-0.25, -0.2) is 4.39 Å². The number of rotatable bonds is 5. The molecule has 1 aromatic heterocycles. The molecule has 0 aliphatic carbocycles. The summed E-state index contributed by atoms with van der Waals surface area (Å²) in [4.78, 5) is 12.4. The first-order chi connectivity index (χ1) is 12.8. The lowest BCUT2D eigenvalue weighted by Gasteiger charge is -2.19. The molecular weight excluding hydrogens is 365 g/mol. The molecule has 5 nitrogen and oxygen atoms in total. The van der Waals surface area contributed by atoms with Gasteiger partial charge in [-0.2, -0.15) is 15.0 Å². The van der Waals surface area contributed by atoms with Crippen LogP contribution in [0.25, 0.3) is 0 Å². The topological polar surface area (TPSA) is 62.7 Å². The highest BCUT2D eigenvalue weighted by molar-refractivity contribution is 6.28. The van der Waals surface area contributed by atoms with Crippen LogP contribution in [-0.4, -0.2) is 15.0 Å². The van der Waals surface area contributed by atoms with Crippen LogP contribution in [0, 0.1) is 5.82 Å². The summed E-state index contributed by atoms with van der Waals surface area (Å²) in [7, 11) is 0.